The molecule has 0 saturated carbocycles. The monoisotopic (exact) mass is 306 g/mol. The lowest BCUT2D eigenvalue weighted by Gasteiger charge is -2.26. The highest BCUT2D eigenvalue weighted by molar-refractivity contribution is 7.99. The van der Waals surface area contributed by atoms with Crippen molar-refractivity contribution in [1.29, 1.82) is 0 Å². The van der Waals surface area contributed by atoms with Crippen molar-refractivity contribution in [2.75, 3.05) is 32.0 Å². The van der Waals surface area contributed by atoms with Crippen LogP contribution in [0.2, 0.25) is 0 Å². The highest BCUT2D eigenvalue weighted by Crippen LogP contribution is 2.37. The van der Waals surface area contributed by atoms with Crippen LogP contribution in [-0.4, -0.2) is 53.8 Å². The van der Waals surface area contributed by atoms with Gasteiger partial charge in [0, 0.05) is 12.3 Å². The van der Waals surface area contributed by atoms with Crippen LogP contribution >= 0.6 is 11.8 Å². The Kier molecular flexibility index (Phi) is 4.05. The fourth-order valence-corrected chi connectivity index (χ4v) is 3.83. The van der Waals surface area contributed by atoms with E-state index in [0.29, 0.717) is 13.2 Å². The first-order valence-corrected chi connectivity index (χ1v) is 8.09. The largest absolute Gasteiger partial charge is 0.448 e. The molecule has 2 fully saturated rings. The van der Waals surface area contributed by atoms with Gasteiger partial charge in [0.05, 0.1) is 6.54 Å². The standard InChI is InChI=1S/C15H18N2O3S/c1-11-2-4-12(5-3-11)14-17(7-9-21-14)13(18)10-16-6-8-20-15(16)19/h2-5,14H,6-10H2,1H3. The molecule has 3 rings (SSSR count). The summed E-state index contributed by atoms with van der Waals surface area (Å²) in [5, 5.41) is 0.0525. The maximum absolute atomic E-state index is 12.5. The summed E-state index contributed by atoms with van der Waals surface area (Å²) < 4.78 is 4.86. The number of thioether (sulfide) groups is 1. The molecule has 1 atom stereocenters. The van der Waals surface area contributed by atoms with Crippen molar-refractivity contribution >= 4 is 23.8 Å². The number of nitrogens with zero attached hydrogens (tertiary/aromatic N) is 2. The summed E-state index contributed by atoms with van der Waals surface area (Å²) >= 11 is 1.77. The fourth-order valence-electron chi connectivity index (χ4n) is 2.56. The first kappa shape index (κ1) is 14.3. The molecule has 0 aliphatic carbocycles. The van der Waals surface area contributed by atoms with Gasteiger partial charge in [0.2, 0.25) is 5.91 Å². The van der Waals surface area contributed by atoms with Gasteiger partial charge in [-0.2, -0.15) is 0 Å². The zero-order valence-corrected chi connectivity index (χ0v) is 12.8. The van der Waals surface area contributed by atoms with Gasteiger partial charge in [-0.15, -0.1) is 11.8 Å². The van der Waals surface area contributed by atoms with Crippen molar-refractivity contribution in [2.24, 2.45) is 0 Å². The van der Waals surface area contributed by atoms with Gasteiger partial charge in [0.1, 0.15) is 18.5 Å². The van der Waals surface area contributed by atoms with Crippen molar-refractivity contribution in [2.45, 2.75) is 12.3 Å². The summed E-state index contributed by atoms with van der Waals surface area (Å²) in [6, 6.07) is 8.27. The first-order valence-electron chi connectivity index (χ1n) is 7.04. The van der Waals surface area contributed by atoms with E-state index in [-0.39, 0.29) is 23.9 Å². The molecule has 1 unspecified atom stereocenters. The van der Waals surface area contributed by atoms with Crippen LogP contribution in [0.1, 0.15) is 16.5 Å². The summed E-state index contributed by atoms with van der Waals surface area (Å²) in [5.41, 5.74) is 2.35. The highest BCUT2D eigenvalue weighted by atomic mass is 32.2. The SMILES string of the molecule is Cc1ccc(C2SCCN2C(=O)CN2CCOC2=O)cc1. The summed E-state index contributed by atoms with van der Waals surface area (Å²) in [6.07, 6.45) is -0.387. The molecule has 2 heterocycles. The molecule has 1 aromatic rings. The average molecular weight is 306 g/mol. The molecule has 5 nitrogen and oxygen atoms in total. The van der Waals surface area contributed by atoms with Crippen LogP contribution in [0.15, 0.2) is 24.3 Å². The topological polar surface area (TPSA) is 49.9 Å². The Hall–Kier alpha value is -1.69. The van der Waals surface area contributed by atoms with Crippen LogP contribution in [-0.2, 0) is 9.53 Å². The van der Waals surface area contributed by atoms with E-state index in [1.54, 1.807) is 11.8 Å². The predicted molar refractivity (Wildman–Crippen MR) is 81.0 cm³/mol. The molecule has 21 heavy (non-hydrogen) atoms. The van der Waals surface area contributed by atoms with Gasteiger partial charge in [0.15, 0.2) is 0 Å². The van der Waals surface area contributed by atoms with Crippen LogP contribution in [0, 0.1) is 6.92 Å². The second kappa shape index (κ2) is 5.97. The zero-order chi connectivity index (χ0) is 14.8. The lowest BCUT2D eigenvalue weighted by atomic mass is 10.1. The van der Waals surface area contributed by atoms with E-state index < -0.39 is 0 Å². The third-order valence-corrected chi connectivity index (χ3v) is 5.01. The van der Waals surface area contributed by atoms with Crippen LogP contribution in [0.4, 0.5) is 4.79 Å². The molecule has 2 saturated heterocycles. The lowest BCUT2D eigenvalue weighted by Crippen LogP contribution is -2.40. The minimum absolute atomic E-state index is 0.00979. The van der Waals surface area contributed by atoms with E-state index in [0.717, 1.165) is 17.9 Å². The minimum atomic E-state index is -0.387. The van der Waals surface area contributed by atoms with Crippen molar-refractivity contribution in [3.63, 3.8) is 0 Å². The maximum Gasteiger partial charge on any atom is 0.410 e. The number of hydrogen-bond donors (Lipinski definition) is 0. The Bertz CT molecular complexity index is 546. The Labute approximate surface area is 128 Å². The molecule has 2 amide bonds. The molecule has 0 radical (unpaired) electrons. The van der Waals surface area contributed by atoms with Gasteiger partial charge in [-0.05, 0) is 12.5 Å². The van der Waals surface area contributed by atoms with Crippen LogP contribution in [0.5, 0.6) is 0 Å². The normalized spacial score (nSPS) is 21.8. The third kappa shape index (κ3) is 3.00. The van der Waals surface area contributed by atoms with E-state index in [4.69, 9.17) is 4.74 Å². The Balaban J connectivity index is 1.69. The van der Waals surface area contributed by atoms with Gasteiger partial charge in [-0.25, -0.2) is 4.79 Å². The van der Waals surface area contributed by atoms with Gasteiger partial charge >= 0.3 is 6.09 Å². The first-order chi connectivity index (χ1) is 10.1. The van der Waals surface area contributed by atoms with Crippen molar-refractivity contribution < 1.29 is 14.3 Å². The van der Waals surface area contributed by atoms with E-state index in [1.807, 2.05) is 11.8 Å². The molecule has 0 N–H and O–H groups in total. The molecular weight excluding hydrogens is 288 g/mol. The molecule has 0 bridgehead atoms. The van der Waals surface area contributed by atoms with Gasteiger partial charge in [-0.3, -0.25) is 9.69 Å². The van der Waals surface area contributed by atoms with Crippen molar-refractivity contribution in [3.8, 4) is 0 Å². The molecule has 0 spiro atoms. The van der Waals surface area contributed by atoms with Crippen LogP contribution in [0.3, 0.4) is 0 Å². The quantitative estimate of drug-likeness (QED) is 0.857. The predicted octanol–water partition coefficient (Wildman–Crippen LogP) is 2.02. The summed E-state index contributed by atoms with van der Waals surface area (Å²) in [6.45, 7) is 3.77. The molecule has 6 heteroatoms. The minimum Gasteiger partial charge on any atom is -0.448 e. The van der Waals surface area contributed by atoms with Gasteiger partial charge in [-0.1, -0.05) is 29.8 Å². The number of aryl methyl sites for hydroxylation is 1. The lowest BCUT2D eigenvalue weighted by molar-refractivity contribution is -0.131. The molecule has 2 aliphatic rings. The molecule has 112 valence electrons. The van der Waals surface area contributed by atoms with E-state index >= 15 is 0 Å². The highest BCUT2D eigenvalue weighted by Gasteiger charge is 2.33. The van der Waals surface area contributed by atoms with Crippen LogP contribution in [0.25, 0.3) is 0 Å². The third-order valence-electron chi connectivity index (χ3n) is 3.74. The Morgan fingerprint density at radius 3 is 2.76 bits per heavy atom. The van der Waals surface area contributed by atoms with Gasteiger partial charge in [0.25, 0.3) is 0 Å². The summed E-state index contributed by atoms with van der Waals surface area (Å²) in [4.78, 5) is 27.2. The zero-order valence-electron chi connectivity index (χ0n) is 11.9. The van der Waals surface area contributed by atoms with Crippen molar-refractivity contribution in [3.05, 3.63) is 35.4 Å². The van der Waals surface area contributed by atoms with Crippen LogP contribution < -0.4 is 0 Å². The van der Waals surface area contributed by atoms with Crippen molar-refractivity contribution in [1.82, 2.24) is 9.80 Å². The number of carbonyl (C=O) groups is 2. The smallest absolute Gasteiger partial charge is 0.410 e. The summed E-state index contributed by atoms with van der Waals surface area (Å²) in [5.74, 6) is 0.916. The molecule has 1 aromatic carbocycles. The number of hydrogen-bond acceptors (Lipinski definition) is 4. The average Bonchev–Trinajstić information content (AvgIpc) is 3.09. The number of benzene rings is 1. The maximum atomic E-state index is 12.5. The number of carbonyl (C=O) groups excluding carboxylic acids is 2. The van der Waals surface area contributed by atoms with E-state index in [2.05, 4.69) is 24.3 Å². The number of cyclic esters (lactones) is 1. The number of rotatable bonds is 3. The Morgan fingerprint density at radius 1 is 1.33 bits per heavy atom. The second-order valence-electron chi connectivity index (χ2n) is 5.26. The Morgan fingerprint density at radius 2 is 2.10 bits per heavy atom. The molecule has 2 aliphatic heterocycles. The second-order valence-corrected chi connectivity index (χ2v) is 6.44. The molecular formula is C15H18N2O3S. The number of ether oxygens (including phenoxy) is 1. The molecule has 0 aromatic heterocycles. The van der Waals surface area contributed by atoms with E-state index in [1.165, 1.54) is 10.5 Å². The summed E-state index contributed by atoms with van der Waals surface area (Å²) in [7, 11) is 0. The van der Waals surface area contributed by atoms with E-state index in [9.17, 15) is 9.59 Å². The number of amides is 2. The fraction of sp³-hybridized carbons (Fsp3) is 0.467. The van der Waals surface area contributed by atoms with Gasteiger partial charge < -0.3 is 9.64 Å².